The summed E-state index contributed by atoms with van der Waals surface area (Å²) in [7, 11) is 1.71. The van der Waals surface area contributed by atoms with E-state index in [2.05, 4.69) is 0 Å². The van der Waals surface area contributed by atoms with Crippen LogP contribution in [-0.4, -0.2) is 13.0 Å². The van der Waals surface area contributed by atoms with E-state index in [9.17, 15) is 4.79 Å². The van der Waals surface area contributed by atoms with Gasteiger partial charge in [0.1, 0.15) is 0 Å². The molecular weight excluding hydrogens is 317 g/mol. The van der Waals surface area contributed by atoms with Gasteiger partial charge < -0.3 is 4.90 Å². The van der Waals surface area contributed by atoms with E-state index in [-0.39, 0.29) is 5.91 Å². The van der Waals surface area contributed by atoms with Crippen LogP contribution in [-0.2, 0) is 0 Å². The Balaban J connectivity index is 0.00000102. The summed E-state index contributed by atoms with van der Waals surface area (Å²) in [5.74, 6) is -0.148. The zero-order valence-electron chi connectivity index (χ0n) is 13.7. The van der Waals surface area contributed by atoms with Gasteiger partial charge in [0.2, 0.25) is 0 Å². The number of para-hydroxylation sites is 1. The van der Waals surface area contributed by atoms with Gasteiger partial charge in [0.25, 0.3) is 5.91 Å². The monoisotopic (exact) mass is 339 g/mol. The van der Waals surface area contributed by atoms with Gasteiger partial charge in [-0.25, -0.2) is 0 Å². The number of carbonyl (C=O) groups is 1. The van der Waals surface area contributed by atoms with Crippen LogP contribution >= 0.6 is 23.2 Å². The third-order valence-electron chi connectivity index (χ3n) is 2.56. The number of hydrogen-bond acceptors (Lipinski definition) is 1. The number of rotatable bonds is 2. The predicted molar refractivity (Wildman–Crippen MR) is 98.3 cm³/mol. The molecule has 120 valence electrons. The lowest BCUT2D eigenvalue weighted by Crippen LogP contribution is -2.26. The second-order valence-corrected chi connectivity index (χ2v) is 4.73. The van der Waals surface area contributed by atoms with Crippen molar-refractivity contribution in [2.45, 2.75) is 27.7 Å². The molecular formula is C18H23Cl2NO. The molecule has 0 heterocycles. The lowest BCUT2D eigenvalue weighted by Gasteiger charge is -2.17. The SMILES string of the molecule is CC.CC.CN(C(=O)c1cc(Cl)cc(Cl)c1)c1ccccc1. The van der Waals surface area contributed by atoms with Gasteiger partial charge in [-0.05, 0) is 30.3 Å². The molecule has 0 aromatic heterocycles. The average molecular weight is 340 g/mol. The van der Waals surface area contributed by atoms with E-state index in [4.69, 9.17) is 23.2 Å². The first kappa shape index (κ1) is 20.5. The number of hydrogen-bond donors (Lipinski definition) is 0. The maximum absolute atomic E-state index is 12.3. The molecule has 1 amide bonds. The number of benzene rings is 2. The summed E-state index contributed by atoms with van der Waals surface area (Å²) >= 11 is 11.8. The Morgan fingerprint density at radius 3 is 1.77 bits per heavy atom. The molecule has 0 radical (unpaired) electrons. The minimum absolute atomic E-state index is 0.148. The molecule has 0 spiro atoms. The van der Waals surface area contributed by atoms with Gasteiger partial charge in [-0.15, -0.1) is 0 Å². The fourth-order valence-electron chi connectivity index (χ4n) is 1.64. The fraction of sp³-hybridized carbons (Fsp3) is 0.278. The highest BCUT2D eigenvalue weighted by Crippen LogP contribution is 2.21. The molecule has 0 bridgehead atoms. The molecule has 0 aliphatic carbocycles. The van der Waals surface area contributed by atoms with Gasteiger partial charge in [-0.1, -0.05) is 69.1 Å². The molecule has 2 aromatic rings. The maximum Gasteiger partial charge on any atom is 0.258 e. The van der Waals surface area contributed by atoms with E-state index >= 15 is 0 Å². The minimum atomic E-state index is -0.148. The summed E-state index contributed by atoms with van der Waals surface area (Å²) in [6, 6.07) is 14.2. The standard InChI is InChI=1S/C14H11Cl2NO.2C2H6/c1-17(13-5-3-2-4-6-13)14(18)10-7-11(15)9-12(16)8-10;2*1-2/h2-9H,1H3;2*1-2H3. The predicted octanol–water partition coefficient (Wildman–Crippen LogP) is 6.32. The van der Waals surface area contributed by atoms with Crippen molar-refractivity contribution in [2.24, 2.45) is 0 Å². The topological polar surface area (TPSA) is 20.3 Å². The fourth-order valence-corrected chi connectivity index (χ4v) is 2.17. The third kappa shape index (κ3) is 6.08. The Morgan fingerprint density at radius 1 is 0.864 bits per heavy atom. The Kier molecular flexibility index (Phi) is 10.3. The molecule has 0 fully saturated rings. The van der Waals surface area contributed by atoms with Crippen molar-refractivity contribution in [3.05, 3.63) is 64.1 Å². The lowest BCUT2D eigenvalue weighted by molar-refractivity contribution is 0.0993. The average Bonchev–Trinajstić information content (AvgIpc) is 2.57. The smallest absolute Gasteiger partial charge is 0.258 e. The van der Waals surface area contributed by atoms with E-state index in [0.29, 0.717) is 15.6 Å². The van der Waals surface area contributed by atoms with Gasteiger partial charge in [0.05, 0.1) is 0 Å². The summed E-state index contributed by atoms with van der Waals surface area (Å²) < 4.78 is 0. The Morgan fingerprint density at radius 2 is 1.32 bits per heavy atom. The summed E-state index contributed by atoms with van der Waals surface area (Å²) in [6.07, 6.45) is 0. The van der Waals surface area contributed by atoms with E-state index in [0.717, 1.165) is 5.69 Å². The van der Waals surface area contributed by atoms with Gasteiger partial charge in [-0.3, -0.25) is 4.79 Å². The zero-order valence-corrected chi connectivity index (χ0v) is 15.2. The van der Waals surface area contributed by atoms with Gasteiger partial charge in [0.15, 0.2) is 0 Å². The molecule has 0 saturated heterocycles. The first-order valence-corrected chi connectivity index (χ1v) is 8.13. The molecule has 0 aliphatic rings. The van der Waals surface area contributed by atoms with E-state index in [1.807, 2.05) is 58.0 Å². The summed E-state index contributed by atoms with van der Waals surface area (Å²) in [4.78, 5) is 13.8. The van der Waals surface area contributed by atoms with Crippen molar-refractivity contribution in [1.29, 1.82) is 0 Å². The van der Waals surface area contributed by atoms with E-state index in [1.165, 1.54) is 0 Å². The number of anilines is 1. The van der Waals surface area contributed by atoms with Crippen molar-refractivity contribution in [3.8, 4) is 0 Å². The third-order valence-corrected chi connectivity index (χ3v) is 2.99. The molecule has 0 aliphatic heterocycles. The first-order chi connectivity index (χ1) is 10.6. The van der Waals surface area contributed by atoms with Gasteiger partial charge in [-0.2, -0.15) is 0 Å². The van der Waals surface area contributed by atoms with Crippen LogP contribution in [0, 0.1) is 0 Å². The van der Waals surface area contributed by atoms with Crippen LogP contribution in [0.25, 0.3) is 0 Å². The van der Waals surface area contributed by atoms with Gasteiger partial charge in [0, 0.05) is 28.3 Å². The second kappa shape index (κ2) is 11.1. The van der Waals surface area contributed by atoms with Crippen molar-refractivity contribution >= 4 is 34.8 Å². The summed E-state index contributed by atoms with van der Waals surface area (Å²) in [5.41, 5.74) is 1.29. The maximum atomic E-state index is 12.3. The first-order valence-electron chi connectivity index (χ1n) is 7.37. The second-order valence-electron chi connectivity index (χ2n) is 3.86. The molecule has 0 unspecified atom stereocenters. The van der Waals surface area contributed by atoms with Crippen LogP contribution in [0.3, 0.4) is 0 Å². The molecule has 0 N–H and O–H groups in total. The van der Waals surface area contributed by atoms with Crippen molar-refractivity contribution in [2.75, 3.05) is 11.9 Å². The number of nitrogens with zero attached hydrogens (tertiary/aromatic N) is 1. The highest BCUT2D eigenvalue weighted by atomic mass is 35.5. The highest BCUT2D eigenvalue weighted by Gasteiger charge is 2.14. The Bertz CT molecular complexity index is 550. The van der Waals surface area contributed by atoms with Crippen molar-refractivity contribution in [1.82, 2.24) is 0 Å². The van der Waals surface area contributed by atoms with Crippen molar-refractivity contribution in [3.63, 3.8) is 0 Å². The quantitative estimate of drug-likeness (QED) is 0.626. The van der Waals surface area contributed by atoms with Crippen LogP contribution in [0.1, 0.15) is 38.1 Å². The highest BCUT2D eigenvalue weighted by molar-refractivity contribution is 6.35. The summed E-state index contributed by atoms with van der Waals surface area (Å²) in [6.45, 7) is 8.00. The Hall–Kier alpha value is -1.51. The number of carbonyl (C=O) groups excluding carboxylic acids is 1. The molecule has 0 atom stereocenters. The molecule has 0 saturated carbocycles. The van der Waals surface area contributed by atoms with Crippen molar-refractivity contribution < 1.29 is 4.79 Å². The molecule has 2 rings (SSSR count). The Labute approximate surface area is 143 Å². The number of amides is 1. The van der Waals surface area contributed by atoms with Crippen LogP contribution < -0.4 is 4.90 Å². The lowest BCUT2D eigenvalue weighted by atomic mass is 10.2. The normalized spacial score (nSPS) is 8.86. The minimum Gasteiger partial charge on any atom is -0.311 e. The van der Waals surface area contributed by atoms with Crippen LogP contribution in [0.4, 0.5) is 5.69 Å². The van der Waals surface area contributed by atoms with E-state index < -0.39 is 0 Å². The molecule has 2 aromatic carbocycles. The molecule has 22 heavy (non-hydrogen) atoms. The molecule has 4 heteroatoms. The van der Waals surface area contributed by atoms with E-state index in [1.54, 1.807) is 30.1 Å². The number of halogens is 2. The van der Waals surface area contributed by atoms with Gasteiger partial charge >= 0.3 is 0 Å². The largest absolute Gasteiger partial charge is 0.311 e. The molecule has 2 nitrogen and oxygen atoms in total. The summed E-state index contributed by atoms with van der Waals surface area (Å²) in [5, 5.41) is 0.902. The zero-order chi connectivity index (χ0) is 17.1. The van der Waals surface area contributed by atoms with Crippen LogP contribution in [0.15, 0.2) is 48.5 Å². The van der Waals surface area contributed by atoms with Crippen LogP contribution in [0.5, 0.6) is 0 Å². The van der Waals surface area contributed by atoms with Crippen LogP contribution in [0.2, 0.25) is 10.0 Å².